The van der Waals surface area contributed by atoms with E-state index in [9.17, 15) is 10.1 Å². The zero-order valence-electron chi connectivity index (χ0n) is 19.8. The summed E-state index contributed by atoms with van der Waals surface area (Å²) < 4.78 is 7.00. The zero-order valence-corrected chi connectivity index (χ0v) is 19.8. The van der Waals surface area contributed by atoms with Crippen molar-refractivity contribution >= 4 is 10.8 Å². The summed E-state index contributed by atoms with van der Waals surface area (Å²) in [5.74, 6) is 0.649. The average molecular weight is 452 g/mol. The van der Waals surface area contributed by atoms with Crippen LogP contribution in [0.5, 0.6) is 5.75 Å². The van der Waals surface area contributed by atoms with Gasteiger partial charge in [0.15, 0.2) is 0 Å². The molecule has 0 saturated heterocycles. The Labute approximate surface area is 200 Å². The minimum Gasteiger partial charge on any atom is -0.497 e. The lowest BCUT2D eigenvalue weighted by molar-refractivity contribution is 0.415. The zero-order chi connectivity index (χ0) is 24.1. The first-order chi connectivity index (χ1) is 16.5. The fraction of sp³-hybridized carbons (Fsp3) is 0.241. The van der Waals surface area contributed by atoms with Gasteiger partial charge in [-0.15, -0.1) is 0 Å². The highest BCUT2D eigenvalue weighted by Gasteiger charge is 2.21. The minimum absolute atomic E-state index is 0.0561. The van der Waals surface area contributed by atoms with Crippen LogP contribution in [-0.2, 0) is 12.0 Å². The molecule has 0 aliphatic rings. The van der Waals surface area contributed by atoms with Crippen molar-refractivity contribution in [2.75, 3.05) is 20.2 Å². The molecule has 0 saturated carbocycles. The van der Waals surface area contributed by atoms with Crippen molar-refractivity contribution in [1.82, 2.24) is 9.88 Å². The third-order valence-corrected chi connectivity index (χ3v) is 6.28. The Morgan fingerprint density at radius 2 is 1.65 bits per heavy atom. The van der Waals surface area contributed by atoms with Crippen LogP contribution in [0.1, 0.15) is 25.1 Å². The summed E-state index contributed by atoms with van der Waals surface area (Å²) in [4.78, 5) is 13.4. The topological polar surface area (TPSA) is 67.0 Å². The average Bonchev–Trinajstić information content (AvgIpc) is 2.88. The van der Waals surface area contributed by atoms with E-state index in [2.05, 4.69) is 37.4 Å². The largest absolute Gasteiger partial charge is 0.497 e. The number of benzene rings is 3. The smallest absolute Gasteiger partial charge is 0.259 e. The molecule has 0 aliphatic heterocycles. The van der Waals surface area contributed by atoms with Gasteiger partial charge in [-0.1, -0.05) is 74.5 Å². The van der Waals surface area contributed by atoms with E-state index < -0.39 is 0 Å². The fourth-order valence-corrected chi connectivity index (χ4v) is 4.36. The van der Waals surface area contributed by atoms with Gasteiger partial charge in [0, 0.05) is 41.4 Å². The number of fused-ring (bicyclic) bond motifs is 1. The van der Waals surface area contributed by atoms with E-state index in [4.69, 9.17) is 4.74 Å². The van der Waals surface area contributed by atoms with Crippen LogP contribution in [0.2, 0.25) is 0 Å². The van der Waals surface area contributed by atoms with Gasteiger partial charge in [-0.2, -0.15) is 5.26 Å². The third-order valence-electron chi connectivity index (χ3n) is 6.28. The lowest BCUT2D eigenvalue weighted by Gasteiger charge is -2.26. The minimum atomic E-state index is -0.169. The molecule has 5 nitrogen and oxygen atoms in total. The van der Waals surface area contributed by atoms with Gasteiger partial charge >= 0.3 is 0 Å². The summed E-state index contributed by atoms with van der Waals surface area (Å²) in [6.45, 7) is 6.11. The number of methoxy groups -OCH3 is 1. The number of hydrogen-bond acceptors (Lipinski definition) is 4. The van der Waals surface area contributed by atoms with Crippen molar-refractivity contribution in [2.24, 2.45) is 0 Å². The standard InChI is InChI=1S/C29H29N3O2/c1-29(2,22-12-8-5-9-13-22)20-31-16-17-32-26(19-30)27(21-10-6-4-7-11-21)25-18-23(34-3)14-15-24(25)28(32)33/h4-15,18,31H,16-17,20H2,1-3H3. The summed E-state index contributed by atoms with van der Waals surface area (Å²) in [7, 11) is 1.60. The lowest BCUT2D eigenvalue weighted by atomic mass is 9.85. The molecular formula is C29H29N3O2. The molecule has 0 spiro atoms. The Bertz CT molecular complexity index is 1380. The molecule has 172 valence electrons. The second-order valence-electron chi connectivity index (χ2n) is 9.00. The maximum absolute atomic E-state index is 13.4. The maximum atomic E-state index is 13.4. The summed E-state index contributed by atoms with van der Waals surface area (Å²) in [5, 5.41) is 14.9. The number of ether oxygens (including phenoxy) is 1. The third kappa shape index (κ3) is 4.59. The van der Waals surface area contributed by atoms with E-state index in [1.54, 1.807) is 23.8 Å². The van der Waals surface area contributed by atoms with Crippen molar-refractivity contribution in [3.63, 3.8) is 0 Å². The maximum Gasteiger partial charge on any atom is 0.259 e. The second kappa shape index (κ2) is 9.94. The molecule has 0 bridgehead atoms. The van der Waals surface area contributed by atoms with Crippen LogP contribution in [0.4, 0.5) is 0 Å². The van der Waals surface area contributed by atoms with Crippen molar-refractivity contribution < 1.29 is 4.74 Å². The molecule has 1 N–H and O–H groups in total. The van der Waals surface area contributed by atoms with Crippen LogP contribution in [0.25, 0.3) is 21.9 Å². The van der Waals surface area contributed by atoms with Gasteiger partial charge in [0.2, 0.25) is 0 Å². The normalized spacial score (nSPS) is 11.4. The second-order valence-corrected chi connectivity index (χ2v) is 9.00. The molecular weight excluding hydrogens is 422 g/mol. The molecule has 0 atom stereocenters. The monoisotopic (exact) mass is 451 g/mol. The lowest BCUT2D eigenvalue weighted by Crippen LogP contribution is -2.36. The van der Waals surface area contributed by atoms with Gasteiger partial charge in [-0.25, -0.2) is 0 Å². The van der Waals surface area contributed by atoms with Crippen LogP contribution in [-0.4, -0.2) is 24.8 Å². The molecule has 0 fully saturated rings. The molecule has 0 unspecified atom stereocenters. The number of nitrogens with zero attached hydrogens (tertiary/aromatic N) is 2. The fourth-order valence-electron chi connectivity index (χ4n) is 4.36. The van der Waals surface area contributed by atoms with Gasteiger partial charge < -0.3 is 10.1 Å². The van der Waals surface area contributed by atoms with E-state index in [0.29, 0.717) is 29.9 Å². The molecule has 3 aromatic carbocycles. The highest BCUT2D eigenvalue weighted by molar-refractivity contribution is 5.99. The van der Waals surface area contributed by atoms with Crippen molar-refractivity contribution in [2.45, 2.75) is 25.8 Å². The van der Waals surface area contributed by atoms with E-state index in [-0.39, 0.29) is 11.0 Å². The Balaban J connectivity index is 1.70. The first-order valence-electron chi connectivity index (χ1n) is 11.4. The highest BCUT2D eigenvalue weighted by atomic mass is 16.5. The number of rotatable bonds is 8. The van der Waals surface area contributed by atoms with E-state index in [1.165, 1.54) is 5.56 Å². The number of pyridine rings is 1. The highest BCUT2D eigenvalue weighted by Crippen LogP contribution is 2.32. The number of nitrogens with one attached hydrogen (secondary N) is 1. The van der Waals surface area contributed by atoms with Crippen LogP contribution in [0.3, 0.4) is 0 Å². The Morgan fingerprint density at radius 3 is 2.29 bits per heavy atom. The SMILES string of the molecule is COc1ccc2c(=O)n(CCNCC(C)(C)c3ccccc3)c(C#N)c(-c3ccccc3)c2c1. The molecule has 1 aromatic heterocycles. The molecule has 0 amide bonds. The van der Waals surface area contributed by atoms with Crippen LogP contribution in [0, 0.1) is 11.3 Å². The van der Waals surface area contributed by atoms with E-state index >= 15 is 0 Å². The molecule has 0 radical (unpaired) electrons. The molecule has 4 rings (SSSR count). The van der Waals surface area contributed by atoms with E-state index in [1.807, 2.05) is 54.6 Å². The van der Waals surface area contributed by atoms with Crippen molar-refractivity contribution in [3.05, 3.63) is 100 Å². The molecule has 0 aliphatic carbocycles. The van der Waals surface area contributed by atoms with Gasteiger partial charge in [-0.3, -0.25) is 9.36 Å². The van der Waals surface area contributed by atoms with Crippen molar-refractivity contribution in [1.29, 1.82) is 5.26 Å². The predicted octanol–water partition coefficient (Wildman–Crippen LogP) is 5.12. The summed E-state index contributed by atoms with van der Waals surface area (Å²) in [5.41, 5.74) is 3.03. The van der Waals surface area contributed by atoms with Crippen molar-refractivity contribution in [3.8, 4) is 22.9 Å². The van der Waals surface area contributed by atoms with Gasteiger partial charge in [-0.05, 0) is 29.3 Å². The Morgan fingerprint density at radius 1 is 0.971 bits per heavy atom. The van der Waals surface area contributed by atoms with Crippen LogP contribution in [0.15, 0.2) is 83.7 Å². The molecule has 4 aromatic rings. The Hall–Kier alpha value is -3.88. The quantitative estimate of drug-likeness (QED) is 0.378. The summed E-state index contributed by atoms with van der Waals surface area (Å²) in [6.07, 6.45) is 0. The first-order valence-corrected chi connectivity index (χ1v) is 11.4. The first kappa shape index (κ1) is 23.3. The van der Waals surface area contributed by atoms with Gasteiger partial charge in [0.1, 0.15) is 17.5 Å². The predicted molar refractivity (Wildman–Crippen MR) is 137 cm³/mol. The van der Waals surface area contributed by atoms with Gasteiger partial charge in [0.05, 0.1) is 7.11 Å². The van der Waals surface area contributed by atoms with Gasteiger partial charge in [0.25, 0.3) is 5.56 Å². The summed E-state index contributed by atoms with van der Waals surface area (Å²) >= 11 is 0. The molecule has 1 heterocycles. The van der Waals surface area contributed by atoms with Crippen LogP contribution >= 0.6 is 0 Å². The number of aromatic nitrogens is 1. The number of nitriles is 1. The molecule has 34 heavy (non-hydrogen) atoms. The van der Waals surface area contributed by atoms with Crippen LogP contribution < -0.4 is 15.6 Å². The Kier molecular flexibility index (Phi) is 6.81. The number of hydrogen-bond donors (Lipinski definition) is 1. The summed E-state index contributed by atoms with van der Waals surface area (Å²) in [6, 6.07) is 27.8. The molecule has 5 heteroatoms. The van der Waals surface area contributed by atoms with E-state index in [0.717, 1.165) is 23.1 Å².